The molecule has 0 atom stereocenters. The molecule has 0 aliphatic rings. The molecule has 1 N–H and O–H groups in total. The second kappa shape index (κ2) is 7.97. The smallest absolute Gasteiger partial charge is 0.221 e. The first-order chi connectivity index (χ1) is 11.4. The summed E-state index contributed by atoms with van der Waals surface area (Å²) >= 11 is 0. The van der Waals surface area contributed by atoms with Crippen molar-refractivity contribution in [3.63, 3.8) is 0 Å². The predicted molar refractivity (Wildman–Crippen MR) is 93.9 cm³/mol. The first kappa shape index (κ1) is 18.0. The minimum atomic E-state index is -3.18. The summed E-state index contributed by atoms with van der Waals surface area (Å²) < 4.78 is 29.6. The number of rotatable bonds is 7. The number of benzene rings is 2. The maximum absolute atomic E-state index is 12.0. The Kier molecular flexibility index (Phi) is 5.98. The minimum Gasteiger partial charge on any atom is -0.489 e. The molecule has 0 aliphatic heterocycles. The molecule has 5 nitrogen and oxygen atoms in total. The lowest BCUT2D eigenvalue weighted by Crippen LogP contribution is -2.06. The number of carbonyl (C=O) groups excluding carboxylic acids is 1. The van der Waals surface area contributed by atoms with Crippen molar-refractivity contribution >= 4 is 21.4 Å². The molecule has 0 radical (unpaired) electrons. The third-order valence-electron chi connectivity index (χ3n) is 3.34. The summed E-state index contributed by atoms with van der Waals surface area (Å²) in [6, 6.07) is 13.8. The molecule has 1 amide bonds. The summed E-state index contributed by atoms with van der Waals surface area (Å²) in [6.45, 7) is 3.64. The van der Waals surface area contributed by atoms with Gasteiger partial charge in [0, 0.05) is 12.6 Å². The van der Waals surface area contributed by atoms with Crippen molar-refractivity contribution in [2.75, 3.05) is 11.1 Å². The zero-order chi connectivity index (χ0) is 17.6. The Labute approximate surface area is 142 Å². The fourth-order valence-corrected chi connectivity index (χ4v) is 3.51. The number of anilines is 1. The molecule has 6 heteroatoms. The summed E-state index contributed by atoms with van der Waals surface area (Å²) in [5, 5.41) is 2.69. The molecule has 0 unspecified atom stereocenters. The maximum atomic E-state index is 12.0. The molecular weight excluding hydrogens is 326 g/mol. The highest BCUT2D eigenvalue weighted by atomic mass is 32.2. The molecule has 2 aromatic rings. The van der Waals surface area contributed by atoms with Gasteiger partial charge in [-0.15, -0.1) is 0 Å². The van der Waals surface area contributed by atoms with Crippen LogP contribution in [0.25, 0.3) is 0 Å². The van der Waals surface area contributed by atoms with Gasteiger partial charge < -0.3 is 10.1 Å². The summed E-state index contributed by atoms with van der Waals surface area (Å²) in [4.78, 5) is 11.3. The molecule has 24 heavy (non-hydrogen) atoms. The lowest BCUT2D eigenvalue weighted by atomic mass is 10.2. The second-order valence-electron chi connectivity index (χ2n) is 5.46. The van der Waals surface area contributed by atoms with Crippen LogP contribution in [-0.4, -0.2) is 20.1 Å². The van der Waals surface area contributed by atoms with Gasteiger partial charge in [0.05, 0.1) is 10.6 Å². The first-order valence-corrected chi connectivity index (χ1v) is 9.38. The topological polar surface area (TPSA) is 72.5 Å². The standard InChI is InChI=1S/C18H21NO4S/c1-3-12-24(21,22)18-10-4-15(5-11-18)13-23-17-8-6-16(7-9-17)19-14(2)20/h4-11H,3,12-13H2,1-2H3,(H,19,20). The Hall–Kier alpha value is -2.34. The highest BCUT2D eigenvalue weighted by Gasteiger charge is 2.12. The Morgan fingerprint density at radius 3 is 2.21 bits per heavy atom. The quantitative estimate of drug-likeness (QED) is 0.833. The van der Waals surface area contributed by atoms with Gasteiger partial charge in [-0.1, -0.05) is 19.1 Å². The van der Waals surface area contributed by atoms with Gasteiger partial charge in [0.1, 0.15) is 12.4 Å². The number of ether oxygens (including phenoxy) is 1. The zero-order valence-corrected chi connectivity index (χ0v) is 14.6. The maximum Gasteiger partial charge on any atom is 0.221 e. The fourth-order valence-electron chi connectivity index (χ4n) is 2.18. The average Bonchev–Trinajstić information content (AvgIpc) is 2.54. The van der Waals surface area contributed by atoms with Gasteiger partial charge in [0.2, 0.25) is 5.91 Å². The summed E-state index contributed by atoms with van der Waals surface area (Å²) in [5.41, 5.74) is 1.59. The first-order valence-electron chi connectivity index (χ1n) is 7.73. The number of hydrogen-bond donors (Lipinski definition) is 1. The van der Waals surface area contributed by atoms with Gasteiger partial charge in [-0.05, 0) is 48.4 Å². The average molecular weight is 347 g/mol. The molecule has 0 spiro atoms. The Bertz CT molecular complexity index is 781. The van der Waals surface area contributed by atoms with Crippen molar-refractivity contribution in [2.24, 2.45) is 0 Å². The van der Waals surface area contributed by atoms with Crippen LogP contribution in [-0.2, 0) is 21.2 Å². The number of amides is 1. The van der Waals surface area contributed by atoms with E-state index in [4.69, 9.17) is 4.74 Å². The van der Waals surface area contributed by atoms with Gasteiger partial charge in [-0.3, -0.25) is 4.79 Å². The van der Waals surface area contributed by atoms with E-state index in [2.05, 4.69) is 5.32 Å². The second-order valence-corrected chi connectivity index (χ2v) is 7.57. The molecule has 128 valence electrons. The highest BCUT2D eigenvalue weighted by Crippen LogP contribution is 2.18. The van der Waals surface area contributed by atoms with E-state index < -0.39 is 9.84 Å². The minimum absolute atomic E-state index is 0.123. The van der Waals surface area contributed by atoms with E-state index in [9.17, 15) is 13.2 Å². The highest BCUT2D eigenvalue weighted by molar-refractivity contribution is 7.91. The van der Waals surface area contributed by atoms with Crippen LogP contribution in [0.1, 0.15) is 25.8 Å². The van der Waals surface area contributed by atoms with Gasteiger partial charge >= 0.3 is 0 Å². The molecule has 0 bridgehead atoms. The third-order valence-corrected chi connectivity index (χ3v) is 5.27. The van der Waals surface area contributed by atoms with Crippen LogP contribution in [0.2, 0.25) is 0 Å². The molecule has 2 aromatic carbocycles. The van der Waals surface area contributed by atoms with Crippen molar-refractivity contribution in [2.45, 2.75) is 31.8 Å². The third kappa shape index (κ3) is 5.09. The van der Waals surface area contributed by atoms with E-state index in [0.29, 0.717) is 29.4 Å². The molecular formula is C18H21NO4S. The van der Waals surface area contributed by atoms with Crippen molar-refractivity contribution in [3.8, 4) is 5.75 Å². The SMILES string of the molecule is CCCS(=O)(=O)c1ccc(COc2ccc(NC(C)=O)cc2)cc1. The predicted octanol–water partition coefficient (Wildman–Crippen LogP) is 3.41. The molecule has 0 fully saturated rings. The van der Waals surface area contributed by atoms with Crippen LogP contribution in [0.15, 0.2) is 53.4 Å². The van der Waals surface area contributed by atoms with E-state index in [0.717, 1.165) is 5.56 Å². The van der Waals surface area contributed by atoms with E-state index in [-0.39, 0.29) is 11.7 Å². The lowest BCUT2D eigenvalue weighted by molar-refractivity contribution is -0.114. The molecule has 0 aromatic heterocycles. The van der Waals surface area contributed by atoms with Gasteiger partial charge in [0.25, 0.3) is 0 Å². The zero-order valence-electron chi connectivity index (χ0n) is 13.8. The summed E-state index contributed by atoms with van der Waals surface area (Å²) in [5.74, 6) is 0.706. The molecule has 0 saturated heterocycles. The number of nitrogens with one attached hydrogen (secondary N) is 1. The Morgan fingerprint density at radius 1 is 1.04 bits per heavy atom. The van der Waals surface area contributed by atoms with Gasteiger partial charge in [0.15, 0.2) is 9.84 Å². The molecule has 2 rings (SSSR count). The normalized spacial score (nSPS) is 11.1. The van der Waals surface area contributed by atoms with Crippen LogP contribution >= 0.6 is 0 Å². The van der Waals surface area contributed by atoms with Crippen LogP contribution in [0.4, 0.5) is 5.69 Å². The van der Waals surface area contributed by atoms with E-state index in [1.54, 1.807) is 48.5 Å². The van der Waals surface area contributed by atoms with Crippen molar-refractivity contribution < 1.29 is 17.9 Å². The van der Waals surface area contributed by atoms with Crippen molar-refractivity contribution in [1.82, 2.24) is 0 Å². The molecule has 0 aliphatic carbocycles. The van der Waals surface area contributed by atoms with Gasteiger partial charge in [-0.25, -0.2) is 8.42 Å². The molecule has 0 heterocycles. The Balaban J connectivity index is 1.96. The number of hydrogen-bond acceptors (Lipinski definition) is 4. The lowest BCUT2D eigenvalue weighted by Gasteiger charge is -2.09. The van der Waals surface area contributed by atoms with Crippen LogP contribution in [0, 0.1) is 0 Å². The van der Waals surface area contributed by atoms with Crippen LogP contribution < -0.4 is 10.1 Å². The van der Waals surface area contributed by atoms with Gasteiger partial charge in [-0.2, -0.15) is 0 Å². The summed E-state index contributed by atoms with van der Waals surface area (Å²) in [7, 11) is -3.18. The van der Waals surface area contributed by atoms with Crippen LogP contribution in [0.3, 0.4) is 0 Å². The van der Waals surface area contributed by atoms with E-state index >= 15 is 0 Å². The van der Waals surface area contributed by atoms with Crippen molar-refractivity contribution in [1.29, 1.82) is 0 Å². The Morgan fingerprint density at radius 2 is 1.67 bits per heavy atom. The van der Waals surface area contributed by atoms with Crippen molar-refractivity contribution in [3.05, 3.63) is 54.1 Å². The number of sulfone groups is 1. The molecule has 0 saturated carbocycles. The monoisotopic (exact) mass is 347 g/mol. The number of carbonyl (C=O) groups is 1. The largest absolute Gasteiger partial charge is 0.489 e. The van der Waals surface area contributed by atoms with E-state index in [1.165, 1.54) is 6.92 Å². The fraction of sp³-hybridized carbons (Fsp3) is 0.278. The summed E-state index contributed by atoms with van der Waals surface area (Å²) in [6.07, 6.45) is 0.599. The van der Waals surface area contributed by atoms with E-state index in [1.807, 2.05) is 6.92 Å². The van der Waals surface area contributed by atoms with Crippen LogP contribution in [0.5, 0.6) is 5.75 Å².